The lowest BCUT2D eigenvalue weighted by Gasteiger charge is -2.01. The van der Waals surface area contributed by atoms with Crippen LogP contribution in [-0.2, 0) is 0 Å². The van der Waals surface area contributed by atoms with Gasteiger partial charge in [-0.3, -0.25) is 4.79 Å². The number of nitrogens with zero attached hydrogens (tertiary/aromatic N) is 1. The fraction of sp³-hybridized carbons (Fsp3) is 0.500. The summed E-state index contributed by atoms with van der Waals surface area (Å²) in [7, 11) is 0. The third-order valence-electron chi connectivity index (χ3n) is 1.57. The number of amides is 1. The molecule has 13 heavy (non-hydrogen) atoms. The van der Waals surface area contributed by atoms with E-state index in [0.717, 1.165) is 28.3 Å². The summed E-state index contributed by atoms with van der Waals surface area (Å²) in [6.07, 6.45) is 1.96. The average Bonchev–Trinajstić information content (AvgIpc) is 2.52. The molecule has 72 valence electrons. The van der Waals surface area contributed by atoms with E-state index in [0.29, 0.717) is 6.54 Å². The third-order valence-corrected chi connectivity index (χ3v) is 2.38. The van der Waals surface area contributed by atoms with Crippen molar-refractivity contribution in [3.8, 4) is 0 Å². The van der Waals surface area contributed by atoms with Crippen LogP contribution in [0.3, 0.4) is 0 Å². The Labute approximate surface area is 80.3 Å². The Morgan fingerprint density at radius 2 is 2.46 bits per heavy atom. The first-order valence-corrected chi connectivity index (χ1v) is 5.04. The van der Waals surface area contributed by atoms with Crippen LogP contribution < -0.4 is 10.9 Å². The number of hydrogen-bond acceptors (Lipinski definition) is 3. The Morgan fingerprint density at radius 3 is 3.00 bits per heavy atom. The van der Waals surface area contributed by atoms with Crippen molar-refractivity contribution in [2.24, 2.45) is 0 Å². The number of aromatic nitrogens is 1. The quantitative estimate of drug-likeness (QED) is 0.747. The van der Waals surface area contributed by atoms with E-state index in [4.69, 9.17) is 0 Å². The molecule has 0 unspecified atom stereocenters. The van der Waals surface area contributed by atoms with E-state index >= 15 is 0 Å². The second kappa shape index (κ2) is 4.81. The van der Waals surface area contributed by atoms with Gasteiger partial charge in [0.05, 0.1) is 0 Å². The first-order valence-electron chi connectivity index (χ1n) is 4.21. The van der Waals surface area contributed by atoms with E-state index in [2.05, 4.69) is 5.32 Å². The lowest BCUT2D eigenvalue weighted by molar-refractivity contribution is 0.243. The Balaban J connectivity index is 2.50. The van der Waals surface area contributed by atoms with E-state index in [-0.39, 0.29) is 11.6 Å². The summed E-state index contributed by atoms with van der Waals surface area (Å²) in [5, 5.41) is 4.26. The molecule has 0 aliphatic heterocycles. The van der Waals surface area contributed by atoms with E-state index in [1.165, 1.54) is 6.07 Å². The maximum absolute atomic E-state index is 11.3. The molecule has 1 N–H and O–H groups in total. The molecule has 1 aromatic heterocycles. The van der Waals surface area contributed by atoms with Crippen molar-refractivity contribution in [1.29, 1.82) is 0 Å². The number of nitrogens with one attached hydrogen (secondary N) is 1. The molecule has 0 aliphatic rings. The summed E-state index contributed by atoms with van der Waals surface area (Å²) < 4.78 is 1.11. The summed E-state index contributed by atoms with van der Waals surface area (Å²) in [5.41, 5.74) is -0.265. The van der Waals surface area contributed by atoms with Crippen LogP contribution in [0.1, 0.15) is 19.8 Å². The van der Waals surface area contributed by atoms with Crippen molar-refractivity contribution >= 4 is 17.6 Å². The monoisotopic (exact) mass is 200 g/mol. The van der Waals surface area contributed by atoms with E-state index in [9.17, 15) is 9.59 Å². The SMILES string of the molecule is CCCCNC(=O)n1sccc1=O. The van der Waals surface area contributed by atoms with Crippen molar-refractivity contribution < 1.29 is 4.79 Å². The van der Waals surface area contributed by atoms with Crippen molar-refractivity contribution in [3.63, 3.8) is 0 Å². The number of hydrogen-bond donors (Lipinski definition) is 1. The van der Waals surface area contributed by atoms with Crippen LogP contribution in [0.5, 0.6) is 0 Å². The Kier molecular flexibility index (Phi) is 3.70. The summed E-state index contributed by atoms with van der Waals surface area (Å²) in [6.45, 7) is 2.67. The minimum Gasteiger partial charge on any atom is -0.337 e. The van der Waals surface area contributed by atoms with Crippen molar-refractivity contribution in [2.45, 2.75) is 19.8 Å². The number of rotatable bonds is 3. The highest BCUT2D eigenvalue weighted by atomic mass is 32.1. The van der Waals surface area contributed by atoms with Crippen LogP contribution in [-0.4, -0.2) is 16.5 Å². The predicted molar refractivity (Wildman–Crippen MR) is 52.3 cm³/mol. The van der Waals surface area contributed by atoms with Gasteiger partial charge >= 0.3 is 6.03 Å². The van der Waals surface area contributed by atoms with Crippen molar-refractivity contribution in [1.82, 2.24) is 9.27 Å². The highest BCUT2D eigenvalue weighted by Crippen LogP contribution is 1.92. The molecule has 1 amide bonds. The van der Waals surface area contributed by atoms with Gasteiger partial charge in [-0.05, 0) is 6.42 Å². The van der Waals surface area contributed by atoms with E-state index in [1.807, 2.05) is 6.92 Å². The maximum atomic E-state index is 11.3. The van der Waals surface area contributed by atoms with Crippen LogP contribution >= 0.6 is 11.5 Å². The lowest BCUT2D eigenvalue weighted by Crippen LogP contribution is -2.33. The van der Waals surface area contributed by atoms with Gasteiger partial charge in [0.15, 0.2) is 0 Å². The molecular formula is C8H12N2O2S. The van der Waals surface area contributed by atoms with Gasteiger partial charge in [0, 0.05) is 18.0 Å². The largest absolute Gasteiger partial charge is 0.338 e. The minimum atomic E-state index is -0.326. The molecule has 4 nitrogen and oxygen atoms in total. The second-order valence-corrected chi connectivity index (χ2v) is 3.47. The van der Waals surface area contributed by atoms with Crippen LogP contribution in [0.2, 0.25) is 0 Å². The second-order valence-electron chi connectivity index (χ2n) is 2.63. The molecule has 0 saturated carbocycles. The number of carbonyl (C=O) groups excluding carboxylic acids is 1. The Bertz CT molecular complexity index is 329. The van der Waals surface area contributed by atoms with Crippen LogP contribution in [0.4, 0.5) is 4.79 Å². The summed E-state index contributed by atoms with van der Waals surface area (Å²) in [6, 6.07) is 1.05. The Morgan fingerprint density at radius 1 is 1.69 bits per heavy atom. The highest BCUT2D eigenvalue weighted by molar-refractivity contribution is 7.05. The summed E-state index contributed by atoms with van der Waals surface area (Å²) in [4.78, 5) is 22.3. The van der Waals surface area contributed by atoms with Gasteiger partial charge in [-0.2, -0.15) is 3.96 Å². The molecule has 0 aliphatic carbocycles. The standard InChI is InChI=1S/C8H12N2O2S/c1-2-3-5-9-8(12)10-7(11)4-6-13-10/h4,6H,2-3,5H2,1H3,(H,9,12). The van der Waals surface area contributed by atoms with E-state index < -0.39 is 0 Å². The normalized spacial score (nSPS) is 9.92. The molecule has 0 atom stereocenters. The van der Waals surface area contributed by atoms with Gasteiger partial charge in [0.1, 0.15) is 0 Å². The van der Waals surface area contributed by atoms with Gasteiger partial charge in [-0.15, -0.1) is 0 Å². The molecular weight excluding hydrogens is 188 g/mol. The zero-order chi connectivity index (χ0) is 9.68. The smallest absolute Gasteiger partial charge is 0.337 e. The summed E-state index contributed by atoms with van der Waals surface area (Å²) >= 11 is 1.11. The van der Waals surface area contributed by atoms with Crippen molar-refractivity contribution in [3.05, 3.63) is 21.8 Å². The third kappa shape index (κ3) is 2.69. The zero-order valence-corrected chi connectivity index (χ0v) is 8.26. The molecule has 0 bridgehead atoms. The van der Waals surface area contributed by atoms with Crippen molar-refractivity contribution in [2.75, 3.05) is 6.54 Å². The highest BCUT2D eigenvalue weighted by Gasteiger charge is 2.05. The molecule has 0 fully saturated rings. The van der Waals surface area contributed by atoms with Crippen LogP contribution in [0, 0.1) is 0 Å². The van der Waals surface area contributed by atoms with Gasteiger partial charge in [0.25, 0.3) is 5.56 Å². The fourth-order valence-corrected chi connectivity index (χ4v) is 1.49. The molecule has 1 heterocycles. The maximum Gasteiger partial charge on any atom is 0.338 e. The molecule has 5 heteroatoms. The predicted octanol–water partition coefficient (Wildman–Crippen LogP) is 1.27. The molecule has 0 radical (unpaired) electrons. The topological polar surface area (TPSA) is 51.1 Å². The van der Waals surface area contributed by atoms with Gasteiger partial charge < -0.3 is 5.32 Å². The van der Waals surface area contributed by atoms with Gasteiger partial charge in [-0.25, -0.2) is 4.79 Å². The molecule has 1 rings (SSSR count). The van der Waals surface area contributed by atoms with E-state index in [1.54, 1.807) is 5.38 Å². The summed E-state index contributed by atoms with van der Waals surface area (Å²) in [5.74, 6) is 0. The Hall–Kier alpha value is -1.10. The number of carbonyl (C=O) groups is 1. The molecule has 0 saturated heterocycles. The zero-order valence-electron chi connectivity index (χ0n) is 7.45. The van der Waals surface area contributed by atoms with Gasteiger partial charge in [-0.1, -0.05) is 24.9 Å². The molecule has 1 aromatic rings. The molecule has 0 aromatic carbocycles. The first kappa shape index (κ1) is 9.98. The minimum absolute atomic E-state index is 0.265. The number of unbranched alkanes of at least 4 members (excludes halogenated alkanes) is 1. The fourth-order valence-electron chi connectivity index (χ4n) is 0.861. The molecule has 0 spiro atoms. The van der Waals surface area contributed by atoms with Crippen LogP contribution in [0.15, 0.2) is 16.2 Å². The van der Waals surface area contributed by atoms with Crippen LogP contribution in [0.25, 0.3) is 0 Å². The first-order chi connectivity index (χ1) is 6.25. The lowest BCUT2D eigenvalue weighted by atomic mass is 10.3. The average molecular weight is 200 g/mol. The van der Waals surface area contributed by atoms with Gasteiger partial charge in [0.2, 0.25) is 0 Å².